The molecule has 0 bridgehead atoms. The minimum Gasteiger partial charge on any atom is -0.469 e. The molecule has 2 rings (SSSR count). The van der Waals surface area contributed by atoms with Gasteiger partial charge in [0.25, 0.3) is 0 Å². The van der Waals surface area contributed by atoms with Crippen molar-refractivity contribution in [3.63, 3.8) is 0 Å². The molecule has 2 amide bonds. The maximum absolute atomic E-state index is 13.2. The number of piperidine rings is 1. The number of methoxy groups -OCH3 is 1. The summed E-state index contributed by atoms with van der Waals surface area (Å²) in [5.41, 5.74) is 0.0537. The minimum absolute atomic E-state index is 0.0510. The number of carbonyl (C=O) groups excluding carboxylic acids is 3. The molecule has 0 radical (unpaired) electrons. The summed E-state index contributed by atoms with van der Waals surface area (Å²) in [5.74, 6) is -1.35. The van der Waals surface area contributed by atoms with E-state index in [9.17, 15) is 18.8 Å². The lowest BCUT2D eigenvalue weighted by atomic mass is 9.94. The number of ether oxygens (including phenoxy) is 2. The molecule has 29 heavy (non-hydrogen) atoms. The molecule has 1 saturated heterocycles. The molecule has 1 aliphatic rings. The minimum atomic E-state index is -0.612. The topological polar surface area (TPSA) is 84.9 Å². The molecule has 8 heteroatoms. The molecule has 0 spiro atoms. The average Bonchev–Trinajstić information content (AvgIpc) is 2.66. The van der Waals surface area contributed by atoms with Crippen LogP contribution < -0.4 is 5.32 Å². The van der Waals surface area contributed by atoms with Crippen LogP contribution in [0.15, 0.2) is 24.3 Å². The summed E-state index contributed by atoms with van der Waals surface area (Å²) in [6, 6.07) is 5.03. The molecule has 1 aliphatic heterocycles. The van der Waals surface area contributed by atoms with Crippen LogP contribution in [0.2, 0.25) is 0 Å². The summed E-state index contributed by atoms with van der Waals surface area (Å²) in [4.78, 5) is 38.3. The summed E-state index contributed by atoms with van der Waals surface area (Å²) in [6.07, 6.45) is 0.565. The number of benzene rings is 1. The Morgan fingerprint density at radius 3 is 2.28 bits per heavy atom. The first kappa shape index (κ1) is 22.6. The van der Waals surface area contributed by atoms with Gasteiger partial charge in [-0.2, -0.15) is 0 Å². The van der Waals surface area contributed by atoms with E-state index >= 15 is 0 Å². The molecular weight excluding hydrogens is 379 g/mol. The summed E-state index contributed by atoms with van der Waals surface area (Å²) in [7, 11) is 1.28. The lowest BCUT2D eigenvalue weighted by Gasteiger charge is -2.33. The molecule has 1 aromatic carbocycles. The van der Waals surface area contributed by atoms with Crippen molar-refractivity contribution < 1.29 is 28.2 Å². The smallest absolute Gasteiger partial charge is 0.410 e. The number of esters is 1. The maximum atomic E-state index is 13.2. The number of halogens is 1. The summed E-state index contributed by atoms with van der Waals surface area (Å²) >= 11 is 0. The first-order chi connectivity index (χ1) is 13.6. The van der Waals surface area contributed by atoms with Gasteiger partial charge in [0.2, 0.25) is 5.91 Å². The number of amides is 2. The maximum Gasteiger partial charge on any atom is 0.410 e. The van der Waals surface area contributed by atoms with Gasteiger partial charge in [-0.15, -0.1) is 0 Å². The molecule has 0 aromatic heterocycles. The highest BCUT2D eigenvalue weighted by Gasteiger charge is 2.31. The van der Waals surface area contributed by atoms with Gasteiger partial charge in [0.05, 0.1) is 19.6 Å². The third-order valence-corrected chi connectivity index (χ3v) is 4.70. The van der Waals surface area contributed by atoms with Crippen LogP contribution in [-0.4, -0.2) is 48.7 Å². The van der Waals surface area contributed by atoms with Gasteiger partial charge in [0.1, 0.15) is 11.4 Å². The van der Waals surface area contributed by atoms with E-state index in [1.165, 1.54) is 31.4 Å². The fraction of sp³-hybridized carbons (Fsp3) is 0.571. The average molecular weight is 408 g/mol. The molecule has 1 N–H and O–H groups in total. The van der Waals surface area contributed by atoms with Crippen molar-refractivity contribution in [2.45, 2.75) is 51.7 Å². The van der Waals surface area contributed by atoms with E-state index in [2.05, 4.69) is 5.32 Å². The number of carbonyl (C=O) groups is 3. The Balaban J connectivity index is 1.97. The van der Waals surface area contributed by atoms with Crippen molar-refractivity contribution >= 4 is 18.0 Å². The van der Waals surface area contributed by atoms with E-state index in [1.54, 1.807) is 4.90 Å². The van der Waals surface area contributed by atoms with Crippen LogP contribution in [0.3, 0.4) is 0 Å². The van der Waals surface area contributed by atoms with E-state index in [1.807, 2.05) is 20.8 Å². The number of hydrogen-bond donors (Lipinski definition) is 1. The summed E-state index contributed by atoms with van der Waals surface area (Å²) < 4.78 is 23.3. The molecule has 1 heterocycles. The first-order valence-corrected chi connectivity index (χ1v) is 9.69. The van der Waals surface area contributed by atoms with Crippen LogP contribution in [0.4, 0.5) is 9.18 Å². The van der Waals surface area contributed by atoms with Gasteiger partial charge < -0.3 is 19.7 Å². The third-order valence-electron chi connectivity index (χ3n) is 4.70. The second kappa shape index (κ2) is 9.71. The quantitative estimate of drug-likeness (QED) is 0.757. The van der Waals surface area contributed by atoms with Crippen LogP contribution >= 0.6 is 0 Å². The Morgan fingerprint density at radius 2 is 1.76 bits per heavy atom. The molecule has 1 unspecified atom stereocenters. The highest BCUT2D eigenvalue weighted by molar-refractivity contribution is 5.80. The van der Waals surface area contributed by atoms with E-state index in [4.69, 9.17) is 9.47 Å². The summed E-state index contributed by atoms with van der Waals surface area (Å²) in [5, 5.41) is 2.87. The molecule has 0 aliphatic carbocycles. The number of hydrogen-bond acceptors (Lipinski definition) is 5. The van der Waals surface area contributed by atoms with Crippen LogP contribution in [0, 0.1) is 11.7 Å². The number of likely N-dealkylation sites (tertiary alicyclic amines) is 1. The van der Waals surface area contributed by atoms with Gasteiger partial charge >= 0.3 is 12.1 Å². The van der Waals surface area contributed by atoms with Crippen molar-refractivity contribution in [1.82, 2.24) is 10.2 Å². The first-order valence-electron chi connectivity index (χ1n) is 9.69. The Kier molecular flexibility index (Phi) is 7.59. The van der Waals surface area contributed by atoms with Crippen molar-refractivity contribution in [2.24, 2.45) is 5.92 Å². The monoisotopic (exact) mass is 408 g/mol. The van der Waals surface area contributed by atoms with E-state index in [0.29, 0.717) is 31.5 Å². The third kappa shape index (κ3) is 7.03. The second-order valence-electron chi connectivity index (χ2n) is 8.13. The van der Waals surface area contributed by atoms with Crippen molar-refractivity contribution in [3.05, 3.63) is 35.6 Å². The van der Waals surface area contributed by atoms with Crippen LogP contribution in [0.25, 0.3) is 0 Å². The Morgan fingerprint density at radius 1 is 1.17 bits per heavy atom. The molecule has 160 valence electrons. The molecule has 1 fully saturated rings. The lowest BCUT2D eigenvalue weighted by Crippen LogP contribution is -2.45. The zero-order valence-corrected chi connectivity index (χ0v) is 17.4. The van der Waals surface area contributed by atoms with Crippen molar-refractivity contribution in [2.75, 3.05) is 20.2 Å². The highest BCUT2D eigenvalue weighted by Crippen LogP contribution is 2.23. The summed E-state index contributed by atoms with van der Waals surface area (Å²) in [6.45, 7) is 6.27. The van der Waals surface area contributed by atoms with Gasteiger partial charge in [-0.3, -0.25) is 9.59 Å². The van der Waals surface area contributed by atoms with Crippen LogP contribution in [-0.2, 0) is 19.1 Å². The van der Waals surface area contributed by atoms with Gasteiger partial charge in [-0.25, -0.2) is 9.18 Å². The lowest BCUT2D eigenvalue weighted by molar-refractivity contribution is -0.141. The molecular formula is C21H29FN2O5. The fourth-order valence-electron chi connectivity index (χ4n) is 3.14. The van der Waals surface area contributed by atoms with Gasteiger partial charge in [0.15, 0.2) is 0 Å². The van der Waals surface area contributed by atoms with Gasteiger partial charge in [-0.1, -0.05) is 12.1 Å². The van der Waals surface area contributed by atoms with Gasteiger partial charge in [-0.05, 0) is 51.3 Å². The predicted octanol–water partition coefficient (Wildman–Crippen LogP) is 3.19. The standard InChI is InChI=1S/C21H29FN2O5/c1-21(2,3)29-20(27)24-11-9-15(10-12-24)19(26)23-17(13-18(25)28-4)14-5-7-16(22)8-6-14/h5-8,15,17H,9-13H2,1-4H3,(H,23,26). The molecule has 7 nitrogen and oxygen atoms in total. The number of rotatable bonds is 5. The highest BCUT2D eigenvalue weighted by atomic mass is 19.1. The Hall–Kier alpha value is -2.64. The van der Waals surface area contributed by atoms with E-state index < -0.39 is 23.4 Å². The fourth-order valence-corrected chi connectivity index (χ4v) is 3.14. The molecule has 1 aromatic rings. The van der Waals surface area contributed by atoms with Crippen molar-refractivity contribution in [1.29, 1.82) is 0 Å². The SMILES string of the molecule is COC(=O)CC(NC(=O)C1CCN(C(=O)OC(C)(C)C)CC1)c1ccc(F)cc1. The zero-order chi connectivity index (χ0) is 21.6. The number of nitrogens with one attached hydrogen (secondary N) is 1. The Labute approximate surface area is 170 Å². The van der Waals surface area contributed by atoms with Crippen LogP contribution in [0.5, 0.6) is 0 Å². The predicted molar refractivity (Wildman–Crippen MR) is 104 cm³/mol. The normalized spacial score (nSPS) is 16.1. The zero-order valence-electron chi connectivity index (χ0n) is 17.4. The number of nitrogens with zero attached hydrogens (tertiary/aromatic N) is 1. The Bertz CT molecular complexity index is 722. The van der Waals surface area contributed by atoms with E-state index in [-0.39, 0.29) is 24.3 Å². The molecule has 1 atom stereocenters. The largest absolute Gasteiger partial charge is 0.469 e. The second-order valence-corrected chi connectivity index (χ2v) is 8.13. The van der Waals surface area contributed by atoms with Gasteiger partial charge in [0, 0.05) is 19.0 Å². The van der Waals surface area contributed by atoms with E-state index in [0.717, 1.165) is 0 Å². The van der Waals surface area contributed by atoms with Crippen molar-refractivity contribution in [3.8, 4) is 0 Å². The molecule has 0 saturated carbocycles. The van der Waals surface area contributed by atoms with Crippen LogP contribution in [0.1, 0.15) is 51.6 Å².